The number of carbonyl (C=O) groups excluding carboxylic acids is 1. The van der Waals surface area contributed by atoms with Gasteiger partial charge in [-0.25, -0.2) is 4.79 Å². The fourth-order valence-corrected chi connectivity index (χ4v) is 3.33. The molecular weight excluding hydrogens is 326 g/mol. The second-order valence-electron chi connectivity index (χ2n) is 6.90. The molecule has 140 valence electrons. The average Bonchev–Trinajstić information content (AvgIpc) is 2.54. The van der Waals surface area contributed by atoms with Gasteiger partial charge < -0.3 is 15.0 Å². The molecule has 0 radical (unpaired) electrons. The maximum Gasteiger partial charge on any atom is 0.387 e. The summed E-state index contributed by atoms with van der Waals surface area (Å²) < 4.78 is 29.3. The highest BCUT2D eigenvalue weighted by Crippen LogP contribution is 2.33. The molecule has 0 saturated heterocycles. The molecule has 0 aromatic heterocycles. The largest absolute Gasteiger partial charge is 0.435 e. The van der Waals surface area contributed by atoms with E-state index >= 15 is 0 Å². The Hall–Kier alpha value is -1.85. The SMILES string of the molecule is CCN(C(=O)N[C@@H]1CCCc2cc(OC(F)F)ccc21)[C@@H](C)C(C)C. The zero-order valence-electron chi connectivity index (χ0n) is 15.4. The Labute approximate surface area is 148 Å². The van der Waals surface area contributed by atoms with Gasteiger partial charge in [-0.05, 0) is 62.3 Å². The predicted molar refractivity (Wildman–Crippen MR) is 94.0 cm³/mol. The number of urea groups is 1. The van der Waals surface area contributed by atoms with Crippen LogP contribution >= 0.6 is 0 Å². The highest BCUT2D eigenvalue weighted by molar-refractivity contribution is 5.75. The fourth-order valence-electron chi connectivity index (χ4n) is 3.33. The standard InChI is InChI=1S/C19H28F2N2O2/c1-5-23(13(4)12(2)3)19(24)22-17-8-6-7-14-11-15(25-18(20)21)9-10-16(14)17/h9-13,17-18H,5-8H2,1-4H3,(H,22,24)/t13-,17+/m0/s1. The number of aryl methyl sites for hydroxylation is 1. The van der Waals surface area contributed by atoms with Crippen molar-refractivity contribution >= 4 is 6.03 Å². The van der Waals surface area contributed by atoms with E-state index in [0.29, 0.717) is 12.5 Å². The number of carbonyl (C=O) groups is 1. The molecule has 0 saturated carbocycles. The van der Waals surface area contributed by atoms with E-state index in [0.717, 1.165) is 30.4 Å². The molecule has 2 rings (SSSR count). The van der Waals surface area contributed by atoms with Crippen LogP contribution in [0.25, 0.3) is 0 Å². The van der Waals surface area contributed by atoms with Crippen LogP contribution in [0.2, 0.25) is 0 Å². The van der Waals surface area contributed by atoms with Gasteiger partial charge in [0.05, 0.1) is 6.04 Å². The number of fused-ring (bicyclic) bond motifs is 1. The number of alkyl halides is 2. The molecule has 2 amide bonds. The third kappa shape index (κ3) is 4.83. The van der Waals surface area contributed by atoms with Crippen LogP contribution in [-0.4, -0.2) is 30.1 Å². The smallest absolute Gasteiger partial charge is 0.387 e. The summed E-state index contributed by atoms with van der Waals surface area (Å²) in [6.45, 7) is 6.04. The first kappa shape index (κ1) is 19.5. The highest BCUT2D eigenvalue weighted by Gasteiger charge is 2.27. The summed E-state index contributed by atoms with van der Waals surface area (Å²) in [4.78, 5) is 14.5. The lowest BCUT2D eigenvalue weighted by atomic mass is 9.87. The van der Waals surface area contributed by atoms with Crippen molar-refractivity contribution in [3.8, 4) is 5.75 Å². The van der Waals surface area contributed by atoms with Gasteiger partial charge in [-0.2, -0.15) is 8.78 Å². The molecule has 6 heteroatoms. The second kappa shape index (κ2) is 8.50. The van der Waals surface area contributed by atoms with E-state index in [4.69, 9.17) is 0 Å². The van der Waals surface area contributed by atoms with Gasteiger partial charge in [0.1, 0.15) is 5.75 Å². The average molecular weight is 354 g/mol. The summed E-state index contributed by atoms with van der Waals surface area (Å²) in [7, 11) is 0. The van der Waals surface area contributed by atoms with Gasteiger partial charge in [0.25, 0.3) is 0 Å². The van der Waals surface area contributed by atoms with Crippen molar-refractivity contribution in [2.75, 3.05) is 6.54 Å². The Balaban J connectivity index is 2.13. The van der Waals surface area contributed by atoms with Gasteiger partial charge in [0.2, 0.25) is 0 Å². The van der Waals surface area contributed by atoms with E-state index in [9.17, 15) is 13.6 Å². The summed E-state index contributed by atoms with van der Waals surface area (Å²) >= 11 is 0. The molecule has 0 bridgehead atoms. The molecule has 4 nitrogen and oxygen atoms in total. The van der Waals surface area contributed by atoms with Crippen molar-refractivity contribution in [3.63, 3.8) is 0 Å². The summed E-state index contributed by atoms with van der Waals surface area (Å²) in [5.74, 6) is 0.544. The lowest BCUT2D eigenvalue weighted by Crippen LogP contribution is -2.48. The Kier molecular flexibility index (Phi) is 6.62. The Morgan fingerprint density at radius 1 is 1.36 bits per heavy atom. The Bertz CT molecular complexity index is 593. The third-order valence-corrected chi connectivity index (χ3v) is 5.01. The zero-order valence-corrected chi connectivity index (χ0v) is 15.4. The van der Waals surface area contributed by atoms with Crippen LogP contribution in [0.1, 0.15) is 57.7 Å². The first-order chi connectivity index (χ1) is 11.8. The van der Waals surface area contributed by atoms with E-state index in [1.807, 2.05) is 11.8 Å². The summed E-state index contributed by atoms with van der Waals surface area (Å²) in [5.41, 5.74) is 1.96. The van der Waals surface area contributed by atoms with E-state index < -0.39 is 6.61 Å². The lowest BCUT2D eigenvalue weighted by molar-refractivity contribution is -0.0499. The number of amides is 2. The van der Waals surface area contributed by atoms with Crippen molar-refractivity contribution < 1.29 is 18.3 Å². The van der Waals surface area contributed by atoms with E-state index in [2.05, 4.69) is 30.8 Å². The van der Waals surface area contributed by atoms with E-state index in [-0.39, 0.29) is 23.9 Å². The molecule has 2 atom stereocenters. The molecular formula is C19H28F2N2O2. The van der Waals surface area contributed by atoms with Crippen molar-refractivity contribution in [1.82, 2.24) is 10.2 Å². The first-order valence-electron chi connectivity index (χ1n) is 8.98. The number of benzene rings is 1. The van der Waals surface area contributed by atoms with Crippen LogP contribution in [0.4, 0.5) is 13.6 Å². The van der Waals surface area contributed by atoms with Gasteiger partial charge in [0.15, 0.2) is 0 Å². The van der Waals surface area contributed by atoms with Crippen LogP contribution in [-0.2, 0) is 6.42 Å². The van der Waals surface area contributed by atoms with Crippen LogP contribution in [0.5, 0.6) is 5.75 Å². The molecule has 1 N–H and O–H groups in total. The number of rotatable bonds is 6. The predicted octanol–water partition coefficient (Wildman–Crippen LogP) is 4.74. The molecule has 1 aliphatic rings. The molecule has 1 aliphatic carbocycles. The number of nitrogens with one attached hydrogen (secondary N) is 1. The fraction of sp³-hybridized carbons (Fsp3) is 0.632. The van der Waals surface area contributed by atoms with Gasteiger partial charge in [-0.3, -0.25) is 0 Å². The van der Waals surface area contributed by atoms with Crippen LogP contribution in [0, 0.1) is 5.92 Å². The van der Waals surface area contributed by atoms with Crippen LogP contribution < -0.4 is 10.1 Å². The van der Waals surface area contributed by atoms with Crippen molar-refractivity contribution in [3.05, 3.63) is 29.3 Å². The van der Waals surface area contributed by atoms with Crippen LogP contribution in [0.15, 0.2) is 18.2 Å². The Morgan fingerprint density at radius 3 is 2.68 bits per heavy atom. The summed E-state index contributed by atoms with van der Waals surface area (Å²) in [6.07, 6.45) is 2.56. The number of halogens is 2. The van der Waals surface area contributed by atoms with Gasteiger partial charge in [0, 0.05) is 12.6 Å². The molecule has 0 heterocycles. The van der Waals surface area contributed by atoms with Gasteiger partial charge >= 0.3 is 12.6 Å². The quantitative estimate of drug-likeness (QED) is 0.801. The monoisotopic (exact) mass is 354 g/mol. The molecule has 1 aromatic rings. The molecule has 0 fully saturated rings. The molecule has 1 aromatic carbocycles. The van der Waals surface area contributed by atoms with Gasteiger partial charge in [-0.1, -0.05) is 19.9 Å². The first-order valence-corrected chi connectivity index (χ1v) is 8.98. The number of ether oxygens (including phenoxy) is 1. The maximum atomic E-state index is 12.7. The summed E-state index contributed by atoms with van der Waals surface area (Å²) in [6, 6.07) is 4.98. The van der Waals surface area contributed by atoms with E-state index in [1.165, 1.54) is 0 Å². The molecule has 25 heavy (non-hydrogen) atoms. The number of hydrogen-bond donors (Lipinski definition) is 1. The Morgan fingerprint density at radius 2 is 2.08 bits per heavy atom. The van der Waals surface area contributed by atoms with E-state index in [1.54, 1.807) is 18.2 Å². The topological polar surface area (TPSA) is 41.6 Å². The minimum atomic E-state index is -2.83. The summed E-state index contributed by atoms with van der Waals surface area (Å²) in [5, 5.41) is 3.12. The lowest BCUT2D eigenvalue weighted by Gasteiger charge is -2.34. The zero-order chi connectivity index (χ0) is 18.6. The van der Waals surface area contributed by atoms with Crippen molar-refractivity contribution in [2.24, 2.45) is 5.92 Å². The maximum absolute atomic E-state index is 12.7. The van der Waals surface area contributed by atoms with Crippen molar-refractivity contribution in [2.45, 2.75) is 65.7 Å². The van der Waals surface area contributed by atoms with Crippen LogP contribution in [0.3, 0.4) is 0 Å². The minimum absolute atomic E-state index is 0.0746. The molecule has 0 unspecified atom stereocenters. The number of hydrogen-bond acceptors (Lipinski definition) is 2. The number of nitrogens with zero attached hydrogens (tertiary/aromatic N) is 1. The normalized spacial score (nSPS) is 18.0. The molecule has 0 aliphatic heterocycles. The third-order valence-electron chi connectivity index (χ3n) is 5.01. The second-order valence-corrected chi connectivity index (χ2v) is 6.90. The minimum Gasteiger partial charge on any atom is -0.435 e. The van der Waals surface area contributed by atoms with Gasteiger partial charge in [-0.15, -0.1) is 0 Å². The van der Waals surface area contributed by atoms with Crippen molar-refractivity contribution in [1.29, 1.82) is 0 Å². The molecule has 0 spiro atoms. The highest BCUT2D eigenvalue weighted by atomic mass is 19.3.